The Kier molecular flexibility index (Phi) is 5.00. The summed E-state index contributed by atoms with van der Waals surface area (Å²) in [6.45, 7) is 4.04. The molecule has 6 nitrogen and oxygen atoms in total. The van der Waals surface area contributed by atoms with Crippen molar-refractivity contribution in [1.82, 2.24) is 9.88 Å². The van der Waals surface area contributed by atoms with Crippen LogP contribution in [-0.4, -0.2) is 49.0 Å². The van der Waals surface area contributed by atoms with E-state index in [-0.39, 0.29) is 16.0 Å². The summed E-state index contributed by atoms with van der Waals surface area (Å²) >= 11 is 4.89. The van der Waals surface area contributed by atoms with E-state index in [1.807, 2.05) is 24.3 Å². The molecular weight excluding hydrogens is 341 g/mol. The Morgan fingerprint density at radius 2 is 1.88 bits per heavy atom. The molecule has 4 N–H and O–H groups in total. The summed E-state index contributed by atoms with van der Waals surface area (Å²) in [5.74, 6) is -1.13. The molecule has 25 heavy (non-hydrogen) atoms. The van der Waals surface area contributed by atoms with Gasteiger partial charge < -0.3 is 25.8 Å². The second-order valence-electron chi connectivity index (χ2n) is 6.06. The van der Waals surface area contributed by atoms with Gasteiger partial charge in [0.05, 0.1) is 5.56 Å². The smallest absolute Gasteiger partial charge is 0.252 e. The van der Waals surface area contributed by atoms with E-state index in [1.54, 1.807) is 0 Å². The summed E-state index contributed by atoms with van der Waals surface area (Å²) in [6, 6.07) is 8.87. The fourth-order valence-electron chi connectivity index (χ4n) is 2.76. The van der Waals surface area contributed by atoms with Crippen molar-refractivity contribution < 1.29 is 9.18 Å². The number of likely N-dealkylation sites (N-methyl/N-ethyl adjacent to an activating group) is 1. The minimum absolute atomic E-state index is 0.0224. The van der Waals surface area contributed by atoms with E-state index in [2.05, 4.69) is 27.1 Å². The summed E-state index contributed by atoms with van der Waals surface area (Å²) in [5, 5.41) is 3.04. The third-order valence-corrected chi connectivity index (χ3v) is 4.56. The van der Waals surface area contributed by atoms with Crippen LogP contribution in [0.5, 0.6) is 0 Å². The van der Waals surface area contributed by atoms with Gasteiger partial charge in [-0.1, -0.05) is 12.2 Å². The van der Waals surface area contributed by atoms with Crippen molar-refractivity contribution in [3.05, 3.63) is 46.4 Å². The van der Waals surface area contributed by atoms with Gasteiger partial charge in [0.25, 0.3) is 5.91 Å². The maximum atomic E-state index is 13.6. The maximum Gasteiger partial charge on any atom is 0.252 e. The van der Waals surface area contributed by atoms with Gasteiger partial charge in [0.2, 0.25) is 0 Å². The van der Waals surface area contributed by atoms with Crippen LogP contribution in [0.3, 0.4) is 0 Å². The number of carbonyl (C=O) groups is 1. The number of aromatic nitrogens is 1. The quantitative estimate of drug-likeness (QED) is 0.730. The van der Waals surface area contributed by atoms with E-state index in [0.717, 1.165) is 43.6 Å². The van der Waals surface area contributed by atoms with Crippen molar-refractivity contribution in [2.45, 2.75) is 0 Å². The molecular formula is C17H20FN5OS. The second-order valence-corrected chi connectivity index (χ2v) is 6.47. The highest BCUT2D eigenvalue weighted by molar-refractivity contribution is 7.71. The number of H-pyrrole nitrogens is 1. The van der Waals surface area contributed by atoms with Crippen LogP contribution in [0.15, 0.2) is 30.3 Å². The number of nitrogens with one attached hydrogen (secondary N) is 2. The van der Waals surface area contributed by atoms with Crippen LogP contribution in [0.25, 0.3) is 0 Å². The lowest BCUT2D eigenvalue weighted by molar-refractivity contribution is 0.100. The van der Waals surface area contributed by atoms with Gasteiger partial charge in [-0.05, 0) is 37.4 Å². The highest BCUT2D eigenvalue weighted by atomic mass is 32.1. The van der Waals surface area contributed by atoms with Crippen LogP contribution in [0, 0.1) is 10.5 Å². The minimum atomic E-state index is -0.735. The zero-order valence-corrected chi connectivity index (χ0v) is 14.7. The van der Waals surface area contributed by atoms with Gasteiger partial charge in [0.15, 0.2) is 5.82 Å². The molecule has 1 amide bonds. The largest absolute Gasteiger partial charge is 0.369 e. The molecule has 1 aromatic carbocycles. The van der Waals surface area contributed by atoms with E-state index >= 15 is 0 Å². The number of piperazine rings is 1. The van der Waals surface area contributed by atoms with Gasteiger partial charge in [-0.15, -0.1) is 0 Å². The third-order valence-electron chi connectivity index (χ3n) is 4.27. The lowest BCUT2D eigenvalue weighted by Crippen LogP contribution is -2.44. The van der Waals surface area contributed by atoms with Crippen molar-refractivity contribution >= 4 is 35.3 Å². The minimum Gasteiger partial charge on any atom is -0.369 e. The fourth-order valence-corrected chi connectivity index (χ4v) is 2.92. The Bertz CT molecular complexity index is 828. The lowest BCUT2D eigenvalue weighted by Gasteiger charge is -2.34. The molecule has 1 saturated heterocycles. The number of carbonyl (C=O) groups excluding carboxylic acids is 1. The average molecular weight is 361 g/mol. The highest BCUT2D eigenvalue weighted by Gasteiger charge is 2.15. The lowest BCUT2D eigenvalue weighted by atomic mass is 10.2. The molecule has 8 heteroatoms. The molecule has 1 fully saturated rings. The molecule has 2 heterocycles. The predicted octanol–water partition coefficient (Wildman–Crippen LogP) is 2.48. The summed E-state index contributed by atoms with van der Waals surface area (Å²) in [5.41, 5.74) is 7.22. The summed E-state index contributed by atoms with van der Waals surface area (Å²) < 4.78 is 13.5. The first-order valence-electron chi connectivity index (χ1n) is 7.97. The van der Waals surface area contributed by atoms with Crippen LogP contribution in [0.2, 0.25) is 0 Å². The van der Waals surface area contributed by atoms with Crippen molar-refractivity contribution in [2.75, 3.05) is 43.4 Å². The number of anilines is 3. The number of primary amides is 1. The van der Waals surface area contributed by atoms with Gasteiger partial charge in [-0.2, -0.15) is 0 Å². The fraction of sp³-hybridized carbons (Fsp3) is 0.294. The van der Waals surface area contributed by atoms with Gasteiger partial charge in [0, 0.05) is 37.6 Å². The van der Waals surface area contributed by atoms with Crippen molar-refractivity contribution in [3.63, 3.8) is 0 Å². The molecule has 0 spiro atoms. The van der Waals surface area contributed by atoms with Crippen molar-refractivity contribution in [1.29, 1.82) is 0 Å². The second kappa shape index (κ2) is 7.20. The summed E-state index contributed by atoms with van der Waals surface area (Å²) in [6.07, 6.45) is 0. The molecule has 0 aliphatic carbocycles. The molecule has 132 valence electrons. The van der Waals surface area contributed by atoms with Crippen molar-refractivity contribution in [2.24, 2.45) is 5.73 Å². The Morgan fingerprint density at radius 3 is 2.48 bits per heavy atom. The molecule has 0 radical (unpaired) electrons. The number of hydrogen-bond acceptors (Lipinski definition) is 5. The van der Waals surface area contributed by atoms with E-state index < -0.39 is 11.7 Å². The van der Waals surface area contributed by atoms with Crippen LogP contribution < -0.4 is 16.0 Å². The monoisotopic (exact) mass is 361 g/mol. The first-order chi connectivity index (χ1) is 11.9. The summed E-state index contributed by atoms with van der Waals surface area (Å²) in [7, 11) is 2.12. The average Bonchev–Trinajstić information content (AvgIpc) is 2.59. The zero-order chi connectivity index (χ0) is 18.0. The van der Waals surface area contributed by atoms with Gasteiger partial charge in [-0.25, -0.2) is 4.39 Å². The number of hydrogen-bond donors (Lipinski definition) is 3. The van der Waals surface area contributed by atoms with Gasteiger partial charge >= 0.3 is 0 Å². The van der Waals surface area contributed by atoms with Crippen LogP contribution in [0.4, 0.5) is 21.6 Å². The maximum absolute atomic E-state index is 13.6. The molecule has 2 aromatic rings. The van der Waals surface area contributed by atoms with Gasteiger partial charge in [0.1, 0.15) is 10.5 Å². The number of nitrogens with zero attached hydrogens (tertiary/aromatic N) is 2. The molecule has 1 aliphatic heterocycles. The first-order valence-corrected chi connectivity index (χ1v) is 8.38. The SMILES string of the molecule is CN1CCN(c2ccc(Nc3[nH]c(=S)c(F)cc3C(N)=O)cc2)CC1. The molecule has 1 aromatic heterocycles. The Morgan fingerprint density at radius 1 is 1.24 bits per heavy atom. The normalized spacial score (nSPS) is 15.2. The molecule has 1 aliphatic rings. The van der Waals surface area contributed by atoms with E-state index in [0.29, 0.717) is 0 Å². The Balaban J connectivity index is 1.79. The van der Waals surface area contributed by atoms with E-state index in [1.165, 1.54) is 0 Å². The van der Waals surface area contributed by atoms with E-state index in [9.17, 15) is 9.18 Å². The van der Waals surface area contributed by atoms with Crippen LogP contribution in [-0.2, 0) is 0 Å². The van der Waals surface area contributed by atoms with Crippen molar-refractivity contribution in [3.8, 4) is 0 Å². The number of amides is 1. The first kappa shape index (κ1) is 17.4. The zero-order valence-electron chi connectivity index (χ0n) is 13.9. The molecule has 0 saturated carbocycles. The highest BCUT2D eigenvalue weighted by Crippen LogP contribution is 2.23. The molecule has 0 atom stereocenters. The topological polar surface area (TPSA) is 77.4 Å². The number of benzene rings is 1. The number of rotatable bonds is 4. The predicted molar refractivity (Wildman–Crippen MR) is 99.5 cm³/mol. The van der Waals surface area contributed by atoms with Gasteiger partial charge in [-0.3, -0.25) is 4.79 Å². The number of aromatic amines is 1. The van der Waals surface area contributed by atoms with Crippen LogP contribution in [0.1, 0.15) is 10.4 Å². The number of pyridine rings is 1. The van der Waals surface area contributed by atoms with E-state index in [4.69, 9.17) is 18.0 Å². The third kappa shape index (κ3) is 3.97. The molecule has 0 bridgehead atoms. The summed E-state index contributed by atoms with van der Waals surface area (Å²) in [4.78, 5) is 18.8. The molecule has 3 rings (SSSR count). The Hall–Kier alpha value is -2.45. The Labute approximate surface area is 150 Å². The standard InChI is InChI=1S/C17H20FN5OS/c1-22-6-8-23(9-7-22)12-4-2-11(3-5-12)20-16-13(15(19)24)10-14(18)17(25)21-16/h2-5,10H,6-9H2,1H3,(H2,19,24)(H2,20,21,25). The molecule has 0 unspecified atom stereocenters. The number of halogens is 1. The number of nitrogens with two attached hydrogens (primary N) is 1. The van der Waals surface area contributed by atoms with Crippen LogP contribution >= 0.6 is 12.2 Å².